The molecule has 180 valence electrons. The Morgan fingerprint density at radius 3 is 2.42 bits per heavy atom. The van der Waals surface area contributed by atoms with E-state index in [1.54, 1.807) is 0 Å². The second-order valence-corrected chi connectivity index (χ2v) is 9.79. The van der Waals surface area contributed by atoms with Gasteiger partial charge in [0.05, 0.1) is 6.10 Å². The van der Waals surface area contributed by atoms with E-state index in [1.165, 1.54) is 16.7 Å². The zero-order valence-corrected chi connectivity index (χ0v) is 20.5. The average Bonchev–Trinajstić information content (AvgIpc) is 3.01. The maximum Gasteiger partial charge on any atom is 0.124 e. The van der Waals surface area contributed by atoms with Crippen LogP contribution >= 0.6 is 0 Å². The summed E-state index contributed by atoms with van der Waals surface area (Å²) in [6, 6.07) is 17.4. The van der Waals surface area contributed by atoms with Crippen LogP contribution in [0.5, 0.6) is 5.75 Å². The molecule has 5 heteroatoms. The summed E-state index contributed by atoms with van der Waals surface area (Å²) in [7, 11) is 2.19. The van der Waals surface area contributed by atoms with Crippen LogP contribution in [0.4, 0.5) is 0 Å². The van der Waals surface area contributed by atoms with Crippen molar-refractivity contribution in [3.63, 3.8) is 0 Å². The van der Waals surface area contributed by atoms with Crippen LogP contribution in [0.1, 0.15) is 42.9 Å². The zero-order valence-electron chi connectivity index (χ0n) is 20.5. The molecule has 2 heterocycles. The molecule has 2 saturated heterocycles. The minimum Gasteiger partial charge on any atom is -0.489 e. The quantitative estimate of drug-likeness (QED) is 0.661. The first-order valence-corrected chi connectivity index (χ1v) is 12.7. The summed E-state index contributed by atoms with van der Waals surface area (Å²) in [5.74, 6) is 0.985. The third-order valence-electron chi connectivity index (χ3n) is 7.23. The lowest BCUT2D eigenvalue weighted by Gasteiger charge is -2.39. The second kappa shape index (κ2) is 12.0. The summed E-state index contributed by atoms with van der Waals surface area (Å²) < 4.78 is 6.29. The number of piperazine rings is 1. The molecule has 0 radical (unpaired) electrons. The molecule has 4 rings (SSSR count). The zero-order chi connectivity index (χ0) is 23.0. The number of nitrogens with zero attached hydrogens (tertiary/aromatic N) is 3. The number of likely N-dealkylation sites (N-methyl/N-ethyl adjacent to an activating group) is 1. The lowest BCUT2D eigenvalue weighted by Crippen LogP contribution is -2.52. The molecule has 0 unspecified atom stereocenters. The highest BCUT2D eigenvalue weighted by Crippen LogP contribution is 2.26. The number of rotatable bonds is 8. The third-order valence-corrected chi connectivity index (χ3v) is 7.23. The Hall–Kier alpha value is -1.92. The van der Waals surface area contributed by atoms with Crippen LogP contribution in [0.3, 0.4) is 0 Å². The Morgan fingerprint density at radius 1 is 0.909 bits per heavy atom. The van der Waals surface area contributed by atoms with Crippen LogP contribution in [-0.2, 0) is 19.6 Å². The van der Waals surface area contributed by atoms with Crippen molar-refractivity contribution >= 4 is 0 Å². The van der Waals surface area contributed by atoms with Gasteiger partial charge in [-0.2, -0.15) is 0 Å². The molecule has 0 saturated carbocycles. The molecule has 2 aromatic rings. The van der Waals surface area contributed by atoms with Crippen LogP contribution < -0.4 is 4.74 Å². The number of hydrogen-bond acceptors (Lipinski definition) is 5. The highest BCUT2D eigenvalue weighted by molar-refractivity contribution is 5.38. The fourth-order valence-corrected chi connectivity index (χ4v) is 5.18. The van der Waals surface area contributed by atoms with Crippen LogP contribution in [-0.4, -0.2) is 78.3 Å². The Bertz CT molecular complexity index is 851. The lowest BCUT2D eigenvalue weighted by molar-refractivity contribution is 0.0224. The van der Waals surface area contributed by atoms with E-state index in [4.69, 9.17) is 4.74 Å². The van der Waals surface area contributed by atoms with Gasteiger partial charge < -0.3 is 14.7 Å². The molecule has 0 spiro atoms. The molecule has 0 amide bonds. The molecular formula is C28H41N3O2. The van der Waals surface area contributed by atoms with Gasteiger partial charge in [0.1, 0.15) is 12.4 Å². The maximum absolute atomic E-state index is 10.9. The van der Waals surface area contributed by atoms with Crippen molar-refractivity contribution in [1.29, 1.82) is 0 Å². The maximum atomic E-state index is 10.9. The Morgan fingerprint density at radius 2 is 1.67 bits per heavy atom. The summed E-state index contributed by atoms with van der Waals surface area (Å²) in [5.41, 5.74) is 3.84. The molecular weight excluding hydrogens is 410 g/mol. The normalized spacial score (nSPS) is 23.4. The van der Waals surface area contributed by atoms with Crippen molar-refractivity contribution in [3.05, 3.63) is 65.2 Å². The van der Waals surface area contributed by atoms with E-state index in [0.29, 0.717) is 6.61 Å². The van der Waals surface area contributed by atoms with Gasteiger partial charge in [-0.1, -0.05) is 55.8 Å². The summed E-state index contributed by atoms with van der Waals surface area (Å²) >= 11 is 0. The number of ether oxygens (including phenoxy) is 1. The van der Waals surface area contributed by atoms with Crippen LogP contribution in [0.2, 0.25) is 0 Å². The molecule has 2 atom stereocenters. The van der Waals surface area contributed by atoms with Gasteiger partial charge >= 0.3 is 0 Å². The van der Waals surface area contributed by atoms with Gasteiger partial charge in [-0.3, -0.25) is 9.80 Å². The summed E-state index contributed by atoms with van der Waals surface area (Å²) in [4.78, 5) is 7.41. The van der Waals surface area contributed by atoms with E-state index >= 15 is 0 Å². The molecule has 2 aliphatic rings. The van der Waals surface area contributed by atoms with E-state index in [9.17, 15) is 5.11 Å². The summed E-state index contributed by atoms with van der Waals surface area (Å²) in [5, 5.41) is 10.9. The van der Waals surface area contributed by atoms with Crippen LogP contribution in [0.25, 0.3) is 0 Å². The molecule has 2 aromatic carbocycles. The first-order chi connectivity index (χ1) is 16.1. The minimum absolute atomic E-state index is 0.237. The molecule has 33 heavy (non-hydrogen) atoms. The van der Waals surface area contributed by atoms with E-state index < -0.39 is 0 Å². The molecule has 1 N–H and O–H groups in total. The van der Waals surface area contributed by atoms with Crippen molar-refractivity contribution in [2.24, 2.45) is 0 Å². The molecule has 5 nitrogen and oxygen atoms in total. The highest BCUT2D eigenvalue weighted by Gasteiger charge is 2.31. The van der Waals surface area contributed by atoms with Gasteiger partial charge in [-0.15, -0.1) is 0 Å². The van der Waals surface area contributed by atoms with Gasteiger partial charge in [0.15, 0.2) is 0 Å². The SMILES string of the molecule is CCCc1ccc(OCc2ccccc2)c(CN2CC[C@H](O)[C@@H](N3CCN(C)CC3)CC2)c1. The predicted octanol–water partition coefficient (Wildman–Crippen LogP) is 3.79. The van der Waals surface area contributed by atoms with Crippen molar-refractivity contribution < 1.29 is 9.84 Å². The first-order valence-electron chi connectivity index (χ1n) is 12.7. The average molecular weight is 452 g/mol. The molecule has 0 aromatic heterocycles. The second-order valence-electron chi connectivity index (χ2n) is 9.79. The monoisotopic (exact) mass is 451 g/mol. The standard InChI is InChI=1S/C28H41N3O2/c1-3-7-23-10-11-28(33-22-24-8-5-4-6-9-24)25(20-23)21-30-14-12-26(27(32)13-15-30)31-18-16-29(2)17-19-31/h4-6,8-11,20,26-27,32H,3,7,12-19,21-22H2,1-2H3/t26-,27-/m0/s1. The topological polar surface area (TPSA) is 39.2 Å². The molecule has 2 aliphatic heterocycles. The summed E-state index contributed by atoms with van der Waals surface area (Å²) in [6.45, 7) is 9.97. The number of hydrogen-bond donors (Lipinski definition) is 1. The lowest BCUT2D eigenvalue weighted by atomic mass is 10.0. The smallest absolute Gasteiger partial charge is 0.124 e. The number of likely N-dealkylation sites (tertiary alicyclic amines) is 1. The van der Waals surface area contributed by atoms with Crippen LogP contribution in [0.15, 0.2) is 48.5 Å². The van der Waals surface area contributed by atoms with Gasteiger partial charge in [-0.25, -0.2) is 0 Å². The number of aliphatic hydroxyl groups excluding tert-OH is 1. The first kappa shape index (κ1) is 24.2. The van der Waals surface area contributed by atoms with Crippen molar-refractivity contribution in [2.75, 3.05) is 46.3 Å². The van der Waals surface area contributed by atoms with E-state index in [1.807, 2.05) is 6.07 Å². The molecule has 0 aliphatic carbocycles. The van der Waals surface area contributed by atoms with Gasteiger partial charge in [0, 0.05) is 57.4 Å². The van der Waals surface area contributed by atoms with Crippen molar-refractivity contribution in [1.82, 2.24) is 14.7 Å². The number of benzene rings is 2. The Balaban J connectivity index is 1.42. The highest BCUT2D eigenvalue weighted by atomic mass is 16.5. The Kier molecular flexibility index (Phi) is 8.79. The van der Waals surface area contributed by atoms with E-state index in [-0.39, 0.29) is 12.1 Å². The van der Waals surface area contributed by atoms with Crippen molar-refractivity contribution in [2.45, 2.75) is 57.9 Å². The largest absolute Gasteiger partial charge is 0.489 e. The number of aliphatic hydroxyl groups is 1. The van der Waals surface area contributed by atoms with Crippen molar-refractivity contribution in [3.8, 4) is 5.75 Å². The minimum atomic E-state index is -0.237. The molecule has 0 bridgehead atoms. The van der Waals surface area contributed by atoms with Gasteiger partial charge in [0.2, 0.25) is 0 Å². The predicted molar refractivity (Wildman–Crippen MR) is 135 cm³/mol. The number of aryl methyl sites for hydroxylation is 1. The third kappa shape index (κ3) is 6.80. The summed E-state index contributed by atoms with van der Waals surface area (Å²) in [6.07, 6.45) is 3.87. The molecule has 2 fully saturated rings. The fourth-order valence-electron chi connectivity index (χ4n) is 5.18. The van der Waals surface area contributed by atoms with E-state index in [2.05, 4.69) is 71.1 Å². The Labute approximate surface area is 200 Å². The van der Waals surface area contributed by atoms with E-state index in [0.717, 1.165) is 77.2 Å². The van der Waals surface area contributed by atoms with Crippen LogP contribution in [0, 0.1) is 0 Å². The van der Waals surface area contributed by atoms with Gasteiger partial charge in [-0.05, 0) is 43.5 Å². The fraction of sp³-hybridized carbons (Fsp3) is 0.571. The van der Waals surface area contributed by atoms with Gasteiger partial charge in [0.25, 0.3) is 0 Å².